The minimum atomic E-state index is -0.304. The van der Waals surface area contributed by atoms with Gasteiger partial charge < -0.3 is 4.74 Å². The van der Waals surface area contributed by atoms with Crippen molar-refractivity contribution in [2.24, 2.45) is 22.7 Å². The minimum absolute atomic E-state index is 0.0537. The van der Waals surface area contributed by atoms with Crippen LogP contribution in [0.25, 0.3) is 0 Å². The Kier molecular flexibility index (Phi) is 5.31. The van der Waals surface area contributed by atoms with Gasteiger partial charge in [-0.25, -0.2) is 0 Å². The van der Waals surface area contributed by atoms with Crippen molar-refractivity contribution < 1.29 is 9.53 Å². The number of rotatable bonds is 6. The van der Waals surface area contributed by atoms with E-state index in [0.717, 1.165) is 38.5 Å². The molecule has 2 aliphatic rings. The van der Waals surface area contributed by atoms with Gasteiger partial charge in [0.15, 0.2) is 0 Å². The third-order valence-corrected chi connectivity index (χ3v) is 7.31. The number of carbonyl (C=O) groups is 1. The first-order chi connectivity index (χ1) is 13.5. The highest BCUT2D eigenvalue weighted by molar-refractivity contribution is 5.79. The van der Waals surface area contributed by atoms with E-state index in [1.54, 1.807) is 0 Å². The van der Waals surface area contributed by atoms with E-state index in [2.05, 4.69) is 67.6 Å². The van der Waals surface area contributed by atoms with Gasteiger partial charge in [-0.1, -0.05) is 67.6 Å². The molecular weight excluding hydrogens is 344 g/mol. The van der Waals surface area contributed by atoms with Gasteiger partial charge in [-0.05, 0) is 73.8 Å². The van der Waals surface area contributed by atoms with Crippen LogP contribution in [0.15, 0.2) is 60.7 Å². The molecule has 0 aromatic heterocycles. The first-order valence-electron chi connectivity index (χ1n) is 10.8. The summed E-state index contributed by atoms with van der Waals surface area (Å²) in [7, 11) is 0. The van der Waals surface area contributed by atoms with E-state index in [-0.39, 0.29) is 16.8 Å². The van der Waals surface area contributed by atoms with Crippen molar-refractivity contribution in [3.8, 4) is 0 Å². The normalized spacial score (nSPS) is 31.5. The minimum Gasteiger partial charge on any atom is -0.466 e. The molecule has 0 unspecified atom stereocenters. The fourth-order valence-electron chi connectivity index (χ4n) is 6.32. The van der Waals surface area contributed by atoms with Gasteiger partial charge in [0.1, 0.15) is 0 Å². The molecule has 0 spiro atoms. The maximum Gasteiger partial charge on any atom is 0.312 e. The van der Waals surface area contributed by atoms with Crippen LogP contribution in [-0.2, 0) is 22.4 Å². The first-order valence-corrected chi connectivity index (χ1v) is 10.8. The molecule has 0 N–H and O–H groups in total. The maximum absolute atomic E-state index is 13.2. The molecule has 2 atom stereocenters. The van der Waals surface area contributed by atoms with Gasteiger partial charge in [0, 0.05) is 0 Å². The zero-order valence-electron chi connectivity index (χ0n) is 17.2. The monoisotopic (exact) mass is 376 g/mol. The van der Waals surface area contributed by atoms with Crippen LogP contribution in [0.4, 0.5) is 0 Å². The Morgan fingerprint density at radius 2 is 1.32 bits per heavy atom. The van der Waals surface area contributed by atoms with Crippen LogP contribution < -0.4 is 0 Å². The molecule has 2 nitrogen and oxygen atoms in total. The zero-order valence-corrected chi connectivity index (χ0v) is 17.2. The van der Waals surface area contributed by atoms with Gasteiger partial charge in [0.25, 0.3) is 0 Å². The Hall–Kier alpha value is -2.09. The number of carbonyl (C=O) groups excluding carboxylic acids is 1. The summed E-state index contributed by atoms with van der Waals surface area (Å²) in [6.45, 7) is 4.77. The third-order valence-electron chi connectivity index (χ3n) is 7.31. The van der Waals surface area contributed by atoms with Crippen molar-refractivity contribution in [2.75, 3.05) is 6.61 Å². The highest BCUT2D eigenvalue weighted by atomic mass is 16.5. The highest BCUT2D eigenvalue weighted by Crippen LogP contribution is 2.67. The molecule has 148 valence electrons. The van der Waals surface area contributed by atoms with Crippen molar-refractivity contribution in [1.29, 1.82) is 0 Å². The number of esters is 1. The molecule has 0 bridgehead atoms. The molecule has 0 saturated heterocycles. The summed E-state index contributed by atoms with van der Waals surface area (Å²) in [4.78, 5) is 13.2. The zero-order chi connectivity index (χ0) is 19.6. The third kappa shape index (κ3) is 3.50. The molecule has 2 saturated carbocycles. The maximum atomic E-state index is 13.2. The van der Waals surface area contributed by atoms with Gasteiger partial charge in [0.05, 0.1) is 12.0 Å². The smallest absolute Gasteiger partial charge is 0.312 e. The van der Waals surface area contributed by atoms with Crippen molar-refractivity contribution in [3.63, 3.8) is 0 Å². The van der Waals surface area contributed by atoms with Crippen LogP contribution in [-0.4, -0.2) is 12.6 Å². The van der Waals surface area contributed by atoms with E-state index in [4.69, 9.17) is 4.74 Å². The van der Waals surface area contributed by atoms with E-state index in [1.807, 2.05) is 6.92 Å². The molecule has 28 heavy (non-hydrogen) atoms. The largest absolute Gasteiger partial charge is 0.466 e. The standard InChI is InChI=1S/C26H32O2/c1-3-28-24(27)26-18-22(14-20-10-6-4-7-11-20)16-25(26,2)17-23(19-26)15-21-12-8-5-9-13-21/h4-13,22-23H,3,14-19H2,1-2H3/t22-,23-,25?,26?/m1/s1. The molecule has 2 heteroatoms. The lowest BCUT2D eigenvalue weighted by Gasteiger charge is -2.35. The number of ether oxygens (including phenoxy) is 1. The van der Waals surface area contributed by atoms with Gasteiger partial charge in [-0.15, -0.1) is 0 Å². The van der Waals surface area contributed by atoms with Crippen molar-refractivity contribution in [3.05, 3.63) is 71.8 Å². The summed E-state index contributed by atoms with van der Waals surface area (Å²) in [6, 6.07) is 21.5. The molecule has 2 aromatic carbocycles. The van der Waals surface area contributed by atoms with E-state index in [0.29, 0.717) is 18.4 Å². The number of hydrogen-bond acceptors (Lipinski definition) is 2. The summed E-state index contributed by atoms with van der Waals surface area (Å²) >= 11 is 0. The highest BCUT2D eigenvalue weighted by Gasteiger charge is 2.64. The Morgan fingerprint density at radius 3 is 1.75 bits per heavy atom. The molecule has 0 amide bonds. The number of benzene rings is 2. The lowest BCUT2D eigenvalue weighted by atomic mass is 9.69. The average molecular weight is 377 g/mol. The summed E-state index contributed by atoms with van der Waals surface area (Å²) < 4.78 is 5.65. The number of hydrogen-bond donors (Lipinski definition) is 0. The van der Waals surface area contributed by atoms with Crippen LogP contribution in [0.1, 0.15) is 50.7 Å². The second-order valence-corrected chi connectivity index (χ2v) is 9.29. The summed E-state index contributed by atoms with van der Waals surface area (Å²) in [5, 5.41) is 0. The van der Waals surface area contributed by atoms with Crippen molar-refractivity contribution in [2.45, 2.75) is 52.4 Å². The van der Waals surface area contributed by atoms with Gasteiger partial charge in [0.2, 0.25) is 0 Å². The van der Waals surface area contributed by atoms with Crippen molar-refractivity contribution >= 4 is 5.97 Å². The molecule has 2 aromatic rings. The summed E-state index contributed by atoms with van der Waals surface area (Å²) in [6.07, 6.45) is 6.35. The van der Waals surface area contributed by atoms with Gasteiger partial charge >= 0.3 is 5.97 Å². The first kappa shape index (κ1) is 19.2. The van der Waals surface area contributed by atoms with Crippen LogP contribution in [0.5, 0.6) is 0 Å². The summed E-state index contributed by atoms with van der Waals surface area (Å²) in [5.74, 6) is 1.19. The van der Waals surface area contributed by atoms with E-state index in [1.165, 1.54) is 11.1 Å². The fraction of sp³-hybridized carbons (Fsp3) is 0.500. The Morgan fingerprint density at radius 1 is 0.857 bits per heavy atom. The van der Waals surface area contributed by atoms with Gasteiger partial charge in [-0.3, -0.25) is 4.79 Å². The Balaban J connectivity index is 1.55. The predicted molar refractivity (Wildman–Crippen MR) is 113 cm³/mol. The lowest BCUT2D eigenvalue weighted by molar-refractivity contribution is -0.160. The van der Waals surface area contributed by atoms with Crippen LogP contribution in [0.3, 0.4) is 0 Å². The van der Waals surface area contributed by atoms with Crippen LogP contribution >= 0.6 is 0 Å². The lowest BCUT2D eigenvalue weighted by Crippen LogP contribution is -2.39. The van der Waals surface area contributed by atoms with Crippen LogP contribution in [0.2, 0.25) is 0 Å². The molecule has 0 radical (unpaired) electrons. The quantitative estimate of drug-likeness (QED) is 0.591. The molecule has 0 aliphatic heterocycles. The molecule has 2 fully saturated rings. The van der Waals surface area contributed by atoms with Crippen molar-refractivity contribution in [1.82, 2.24) is 0 Å². The van der Waals surface area contributed by atoms with E-state index >= 15 is 0 Å². The summed E-state index contributed by atoms with van der Waals surface area (Å²) in [5.41, 5.74) is 2.52. The topological polar surface area (TPSA) is 26.3 Å². The Bertz CT molecular complexity index is 742. The molecule has 4 rings (SSSR count). The average Bonchev–Trinajstić information content (AvgIpc) is 3.10. The van der Waals surface area contributed by atoms with E-state index in [9.17, 15) is 4.79 Å². The predicted octanol–water partition coefficient (Wildman–Crippen LogP) is 5.85. The second kappa shape index (κ2) is 7.73. The number of fused-ring (bicyclic) bond motifs is 1. The van der Waals surface area contributed by atoms with Crippen LogP contribution in [0, 0.1) is 22.7 Å². The SMILES string of the molecule is CCOC(=O)C12C[C@H](Cc3ccccc3)CC1(C)C[C@@H](Cc1ccccc1)C2. The second-order valence-electron chi connectivity index (χ2n) is 9.29. The Labute approximate surface area is 169 Å². The van der Waals surface area contributed by atoms with E-state index < -0.39 is 0 Å². The molecular formula is C26H32O2. The molecule has 2 aliphatic carbocycles. The fourth-order valence-corrected chi connectivity index (χ4v) is 6.32. The molecule has 0 heterocycles. The van der Waals surface area contributed by atoms with Gasteiger partial charge in [-0.2, -0.15) is 0 Å².